The number of rotatable bonds is 7. The van der Waals surface area contributed by atoms with Crippen LogP contribution in [0.15, 0.2) is 42.5 Å². The third-order valence-corrected chi connectivity index (χ3v) is 5.01. The van der Waals surface area contributed by atoms with Gasteiger partial charge in [-0.3, -0.25) is 0 Å². The first kappa shape index (κ1) is 15.5. The Hall–Kier alpha value is -2.00. The van der Waals surface area contributed by atoms with E-state index in [4.69, 9.17) is 9.47 Å². The maximum atomic E-state index is 5.96. The molecule has 0 saturated carbocycles. The molecule has 1 heterocycles. The van der Waals surface area contributed by atoms with Gasteiger partial charge in [-0.15, -0.1) is 0 Å². The lowest BCUT2D eigenvalue weighted by atomic mass is 10.1. The van der Waals surface area contributed by atoms with Crippen molar-refractivity contribution in [3.63, 3.8) is 0 Å². The molecule has 2 aromatic rings. The van der Waals surface area contributed by atoms with Crippen LogP contribution in [0.4, 0.5) is 0 Å². The Labute approximate surface area is 144 Å². The normalized spacial score (nSPS) is 15.8. The van der Waals surface area contributed by atoms with E-state index < -0.39 is 0 Å². The van der Waals surface area contributed by atoms with Crippen LogP contribution in [0.1, 0.15) is 29.5 Å². The lowest BCUT2D eigenvalue weighted by Gasteiger charge is -2.12. The molecule has 24 heavy (non-hydrogen) atoms. The first-order valence-corrected chi connectivity index (χ1v) is 9.08. The summed E-state index contributed by atoms with van der Waals surface area (Å²) in [5.41, 5.74) is 4.26. The highest BCUT2D eigenvalue weighted by atomic mass is 16.5. The molecule has 0 aromatic heterocycles. The molecule has 3 heteroatoms. The van der Waals surface area contributed by atoms with Crippen LogP contribution in [0.2, 0.25) is 0 Å². The van der Waals surface area contributed by atoms with Crippen LogP contribution >= 0.6 is 0 Å². The van der Waals surface area contributed by atoms with Crippen molar-refractivity contribution < 1.29 is 9.47 Å². The summed E-state index contributed by atoms with van der Waals surface area (Å²) < 4.78 is 11.5. The average Bonchev–Trinajstić information content (AvgIpc) is 3.24. The summed E-state index contributed by atoms with van der Waals surface area (Å²) in [5.74, 6) is 2.00. The number of fused-ring (bicyclic) bond motifs is 2. The summed E-state index contributed by atoms with van der Waals surface area (Å²) in [4.78, 5) is 0. The van der Waals surface area contributed by atoms with Gasteiger partial charge in [-0.25, -0.2) is 0 Å². The summed E-state index contributed by atoms with van der Waals surface area (Å²) in [7, 11) is 0. The van der Waals surface area contributed by atoms with Gasteiger partial charge in [0, 0.05) is 18.0 Å². The maximum absolute atomic E-state index is 5.96. The SMILES string of the molecule is c1ccc2c(c1)CC(NCCCCOc1cccc3c1CCO3)C2. The van der Waals surface area contributed by atoms with Crippen LogP contribution in [-0.4, -0.2) is 25.8 Å². The van der Waals surface area contributed by atoms with Crippen LogP contribution in [-0.2, 0) is 19.3 Å². The van der Waals surface area contributed by atoms with E-state index in [1.165, 1.54) is 29.5 Å². The zero-order valence-corrected chi connectivity index (χ0v) is 14.1. The predicted molar refractivity (Wildman–Crippen MR) is 96.0 cm³/mol. The Morgan fingerprint density at radius 2 is 1.83 bits per heavy atom. The number of unbranched alkanes of at least 4 members (excludes halogenated alkanes) is 1. The minimum atomic E-state index is 0.609. The van der Waals surface area contributed by atoms with Crippen LogP contribution < -0.4 is 14.8 Å². The smallest absolute Gasteiger partial charge is 0.126 e. The van der Waals surface area contributed by atoms with Gasteiger partial charge in [0.2, 0.25) is 0 Å². The third-order valence-electron chi connectivity index (χ3n) is 5.01. The quantitative estimate of drug-likeness (QED) is 0.791. The largest absolute Gasteiger partial charge is 0.493 e. The molecule has 0 atom stereocenters. The van der Waals surface area contributed by atoms with Crippen molar-refractivity contribution in [1.82, 2.24) is 5.32 Å². The highest BCUT2D eigenvalue weighted by Gasteiger charge is 2.20. The number of nitrogens with one attached hydrogen (secondary N) is 1. The second-order valence-electron chi connectivity index (χ2n) is 6.71. The van der Waals surface area contributed by atoms with Crippen molar-refractivity contribution in [3.8, 4) is 11.5 Å². The molecule has 1 aliphatic carbocycles. The number of hydrogen-bond donors (Lipinski definition) is 1. The van der Waals surface area contributed by atoms with Crippen molar-refractivity contribution in [2.45, 2.75) is 38.1 Å². The molecule has 1 aliphatic heterocycles. The van der Waals surface area contributed by atoms with Crippen LogP contribution in [0.25, 0.3) is 0 Å². The predicted octanol–water partition coefficient (Wildman–Crippen LogP) is 3.54. The molecule has 2 aliphatic rings. The van der Waals surface area contributed by atoms with Gasteiger partial charge in [-0.1, -0.05) is 30.3 Å². The molecule has 0 amide bonds. The summed E-state index contributed by atoms with van der Waals surface area (Å²) in [6.07, 6.45) is 5.54. The van der Waals surface area contributed by atoms with Gasteiger partial charge < -0.3 is 14.8 Å². The minimum absolute atomic E-state index is 0.609. The first-order chi connectivity index (χ1) is 11.9. The number of benzene rings is 2. The van der Waals surface area contributed by atoms with Crippen LogP contribution in [0.3, 0.4) is 0 Å². The van der Waals surface area contributed by atoms with Crippen LogP contribution in [0, 0.1) is 0 Å². The van der Waals surface area contributed by atoms with Gasteiger partial charge in [0.15, 0.2) is 0 Å². The van der Waals surface area contributed by atoms with Crippen molar-refractivity contribution in [3.05, 3.63) is 59.2 Å². The van der Waals surface area contributed by atoms with Gasteiger partial charge in [-0.2, -0.15) is 0 Å². The molecular weight excluding hydrogens is 298 g/mol. The average molecular weight is 323 g/mol. The Bertz CT molecular complexity index is 673. The van der Waals surface area contributed by atoms with E-state index in [9.17, 15) is 0 Å². The molecule has 0 saturated heterocycles. The van der Waals surface area contributed by atoms with Crippen molar-refractivity contribution in [1.29, 1.82) is 0 Å². The van der Waals surface area contributed by atoms with E-state index in [0.717, 1.165) is 50.5 Å². The fourth-order valence-corrected chi connectivity index (χ4v) is 3.74. The van der Waals surface area contributed by atoms with Crippen molar-refractivity contribution >= 4 is 0 Å². The lowest BCUT2D eigenvalue weighted by molar-refractivity contribution is 0.302. The Morgan fingerprint density at radius 3 is 2.67 bits per heavy atom. The van der Waals surface area contributed by atoms with Gasteiger partial charge in [0.1, 0.15) is 11.5 Å². The Balaban J connectivity index is 1.14. The number of hydrogen-bond acceptors (Lipinski definition) is 3. The van der Waals surface area contributed by atoms with Gasteiger partial charge in [0.25, 0.3) is 0 Å². The van der Waals surface area contributed by atoms with E-state index in [0.29, 0.717) is 6.04 Å². The molecule has 0 radical (unpaired) electrons. The molecule has 126 valence electrons. The molecule has 2 aromatic carbocycles. The molecular formula is C21H25NO2. The molecule has 0 bridgehead atoms. The summed E-state index contributed by atoms with van der Waals surface area (Å²) in [6, 6.07) is 15.5. The van der Waals surface area contributed by atoms with Crippen molar-refractivity contribution in [2.75, 3.05) is 19.8 Å². The maximum Gasteiger partial charge on any atom is 0.126 e. The van der Waals surface area contributed by atoms with Gasteiger partial charge in [-0.05, 0) is 55.5 Å². The second-order valence-corrected chi connectivity index (χ2v) is 6.71. The highest BCUT2D eigenvalue weighted by Crippen LogP contribution is 2.33. The fourth-order valence-electron chi connectivity index (χ4n) is 3.74. The van der Waals surface area contributed by atoms with Crippen LogP contribution in [0.5, 0.6) is 11.5 Å². The van der Waals surface area contributed by atoms with E-state index in [2.05, 4.69) is 35.6 Å². The first-order valence-electron chi connectivity index (χ1n) is 9.08. The Morgan fingerprint density at radius 1 is 1.00 bits per heavy atom. The molecule has 0 fully saturated rings. The molecule has 3 nitrogen and oxygen atoms in total. The summed E-state index contributed by atoms with van der Waals surface area (Å²) in [5, 5.41) is 3.69. The van der Waals surface area contributed by atoms with E-state index >= 15 is 0 Å². The second kappa shape index (κ2) is 7.27. The fraction of sp³-hybridized carbons (Fsp3) is 0.429. The monoisotopic (exact) mass is 323 g/mol. The van der Waals surface area contributed by atoms with E-state index in [-0.39, 0.29) is 0 Å². The molecule has 0 unspecified atom stereocenters. The van der Waals surface area contributed by atoms with Gasteiger partial charge >= 0.3 is 0 Å². The minimum Gasteiger partial charge on any atom is -0.493 e. The highest BCUT2D eigenvalue weighted by molar-refractivity contribution is 5.46. The molecule has 0 spiro atoms. The topological polar surface area (TPSA) is 30.5 Å². The van der Waals surface area contributed by atoms with Gasteiger partial charge in [0.05, 0.1) is 13.2 Å². The summed E-state index contributed by atoms with van der Waals surface area (Å²) >= 11 is 0. The zero-order chi connectivity index (χ0) is 16.2. The molecule has 1 N–H and O–H groups in total. The Kier molecular flexibility index (Phi) is 4.70. The molecule has 4 rings (SSSR count). The standard InChI is InChI=1S/C21H25NO2/c1-2-7-17-15-18(14-16(17)6-1)22-11-3-4-12-23-20-8-5-9-21-19(20)10-13-24-21/h1-2,5-9,18,22H,3-4,10-15H2. The van der Waals surface area contributed by atoms with E-state index in [1.807, 2.05) is 12.1 Å². The number of ether oxygens (including phenoxy) is 2. The van der Waals surface area contributed by atoms with E-state index in [1.54, 1.807) is 0 Å². The lowest BCUT2D eigenvalue weighted by Crippen LogP contribution is -2.30. The zero-order valence-electron chi connectivity index (χ0n) is 14.1. The summed E-state index contributed by atoms with van der Waals surface area (Å²) in [6.45, 7) is 2.63. The third kappa shape index (κ3) is 3.41. The van der Waals surface area contributed by atoms with Crippen molar-refractivity contribution in [2.24, 2.45) is 0 Å².